The van der Waals surface area contributed by atoms with Crippen LogP contribution in [0.25, 0.3) is 10.9 Å². The molecule has 10 heteroatoms. The van der Waals surface area contributed by atoms with Crippen molar-refractivity contribution in [3.63, 3.8) is 0 Å². The summed E-state index contributed by atoms with van der Waals surface area (Å²) in [6, 6.07) is 18.3. The van der Waals surface area contributed by atoms with E-state index in [4.69, 9.17) is 0 Å². The van der Waals surface area contributed by atoms with Gasteiger partial charge in [-0.3, -0.25) is 29.7 Å². The average molecular weight is 492 g/mol. The van der Waals surface area contributed by atoms with Gasteiger partial charge in [-0.05, 0) is 62.2 Å². The molecule has 180 valence electrons. The molecule has 3 aromatic carbocycles. The van der Waals surface area contributed by atoms with Crippen molar-refractivity contribution < 1.29 is 13.2 Å². The van der Waals surface area contributed by atoms with Crippen molar-refractivity contribution in [1.29, 1.82) is 0 Å². The number of aromatic nitrogens is 2. The van der Waals surface area contributed by atoms with Crippen molar-refractivity contribution in [2.45, 2.75) is 32.2 Å². The predicted octanol–water partition coefficient (Wildman–Crippen LogP) is 3.59. The fourth-order valence-electron chi connectivity index (χ4n) is 3.70. The highest BCUT2D eigenvalue weighted by Gasteiger charge is 2.21. The molecule has 0 saturated heterocycles. The first-order valence-corrected chi connectivity index (χ1v) is 12.4. The summed E-state index contributed by atoms with van der Waals surface area (Å²) in [4.78, 5) is 30.4. The quantitative estimate of drug-likeness (QED) is 0.340. The Morgan fingerprint density at radius 3 is 2.49 bits per heavy atom. The van der Waals surface area contributed by atoms with Gasteiger partial charge in [0.2, 0.25) is 5.95 Å². The van der Waals surface area contributed by atoms with E-state index in [0.29, 0.717) is 23.0 Å². The van der Waals surface area contributed by atoms with Crippen molar-refractivity contribution in [2.75, 3.05) is 10.1 Å². The lowest BCUT2D eigenvalue weighted by Crippen LogP contribution is -2.34. The summed E-state index contributed by atoms with van der Waals surface area (Å²) in [6.07, 6.45) is 0. The maximum atomic E-state index is 13.1. The van der Waals surface area contributed by atoms with Crippen LogP contribution in [0.1, 0.15) is 28.4 Å². The van der Waals surface area contributed by atoms with Crippen LogP contribution in [0.2, 0.25) is 0 Å². The van der Waals surface area contributed by atoms with Crippen molar-refractivity contribution in [2.24, 2.45) is 0 Å². The lowest BCUT2D eigenvalue weighted by Gasteiger charge is -2.16. The number of nitrogens with one attached hydrogen (secondary N) is 3. The molecule has 0 unspecified atom stereocenters. The number of rotatable bonds is 7. The number of amides is 1. The highest BCUT2D eigenvalue weighted by Crippen LogP contribution is 2.23. The molecule has 0 aliphatic carbocycles. The third kappa shape index (κ3) is 4.87. The smallest absolute Gasteiger partial charge is 0.271 e. The van der Waals surface area contributed by atoms with Gasteiger partial charge in [0, 0.05) is 6.54 Å². The van der Waals surface area contributed by atoms with Gasteiger partial charge in [0.25, 0.3) is 21.5 Å². The van der Waals surface area contributed by atoms with E-state index in [0.717, 1.165) is 5.56 Å². The van der Waals surface area contributed by atoms with Gasteiger partial charge in [0.05, 0.1) is 27.0 Å². The van der Waals surface area contributed by atoms with Crippen molar-refractivity contribution in [3.05, 3.63) is 93.8 Å². The number of sulfonamides is 1. The first-order chi connectivity index (χ1) is 16.7. The second-order valence-electron chi connectivity index (χ2n) is 8.00. The zero-order valence-electron chi connectivity index (χ0n) is 19.5. The van der Waals surface area contributed by atoms with E-state index >= 15 is 0 Å². The summed E-state index contributed by atoms with van der Waals surface area (Å²) < 4.78 is 30.1. The molecule has 0 fully saturated rings. The number of hydrazine groups is 1. The van der Waals surface area contributed by atoms with Crippen LogP contribution in [0.3, 0.4) is 0 Å². The molecule has 3 N–H and O–H groups in total. The molecule has 4 rings (SSSR count). The third-order valence-corrected chi connectivity index (χ3v) is 7.02. The van der Waals surface area contributed by atoms with Gasteiger partial charge < -0.3 is 0 Å². The fourth-order valence-corrected chi connectivity index (χ4v) is 5.11. The van der Waals surface area contributed by atoms with E-state index in [1.54, 1.807) is 62.4 Å². The molecule has 0 spiro atoms. The number of para-hydroxylation sites is 2. The van der Waals surface area contributed by atoms with E-state index in [1.807, 2.05) is 13.0 Å². The Balaban J connectivity index is 1.61. The van der Waals surface area contributed by atoms with Crippen LogP contribution in [-0.4, -0.2) is 23.9 Å². The Morgan fingerprint density at radius 2 is 1.71 bits per heavy atom. The second-order valence-corrected chi connectivity index (χ2v) is 9.65. The SMILES string of the molecule is CCn1c(NNC(=O)c2ccccc2NS(=O)(=O)c2cc(C)ccc2C)nc2ccccc2c1=O. The van der Waals surface area contributed by atoms with E-state index < -0.39 is 15.9 Å². The summed E-state index contributed by atoms with van der Waals surface area (Å²) in [6.45, 7) is 5.64. The summed E-state index contributed by atoms with van der Waals surface area (Å²) in [5.74, 6) is -0.438. The molecule has 0 radical (unpaired) electrons. The molecule has 1 aromatic heterocycles. The van der Waals surface area contributed by atoms with Crippen LogP contribution in [0.4, 0.5) is 11.6 Å². The Morgan fingerprint density at radius 1 is 1.00 bits per heavy atom. The molecule has 4 aromatic rings. The lowest BCUT2D eigenvalue weighted by molar-refractivity contribution is 0.0963. The number of benzene rings is 3. The highest BCUT2D eigenvalue weighted by molar-refractivity contribution is 7.92. The maximum Gasteiger partial charge on any atom is 0.271 e. The molecule has 35 heavy (non-hydrogen) atoms. The van der Waals surface area contributed by atoms with E-state index in [9.17, 15) is 18.0 Å². The van der Waals surface area contributed by atoms with Crippen molar-refractivity contribution >= 4 is 38.5 Å². The molecule has 1 heterocycles. The van der Waals surface area contributed by atoms with Gasteiger partial charge in [-0.2, -0.15) is 0 Å². The van der Waals surface area contributed by atoms with Gasteiger partial charge in [-0.15, -0.1) is 0 Å². The van der Waals surface area contributed by atoms with Gasteiger partial charge in [-0.1, -0.05) is 36.4 Å². The normalized spacial score (nSPS) is 11.3. The monoisotopic (exact) mass is 491 g/mol. The summed E-state index contributed by atoms with van der Waals surface area (Å²) in [7, 11) is -3.94. The number of carbonyl (C=O) groups is 1. The largest absolute Gasteiger partial charge is 0.279 e. The standard InChI is InChI=1S/C25H25N5O4S/c1-4-30-24(32)19-10-6-7-11-20(19)26-25(30)28-27-23(31)18-9-5-8-12-21(18)29-35(33,34)22-15-16(2)13-14-17(22)3/h5-15,29H,4H2,1-3H3,(H,26,28)(H,27,31). The summed E-state index contributed by atoms with van der Waals surface area (Å²) >= 11 is 0. The first-order valence-electron chi connectivity index (χ1n) is 11.0. The minimum absolute atomic E-state index is 0.0973. The van der Waals surface area contributed by atoms with Gasteiger partial charge in [-0.25, -0.2) is 13.4 Å². The maximum absolute atomic E-state index is 13.1. The number of hydrogen-bond donors (Lipinski definition) is 3. The number of fused-ring (bicyclic) bond motifs is 1. The third-order valence-electron chi connectivity index (χ3n) is 5.51. The zero-order valence-corrected chi connectivity index (χ0v) is 20.3. The topological polar surface area (TPSA) is 122 Å². The van der Waals surface area contributed by atoms with Crippen LogP contribution >= 0.6 is 0 Å². The van der Waals surface area contributed by atoms with E-state index in [-0.39, 0.29) is 27.7 Å². The zero-order chi connectivity index (χ0) is 25.2. The van der Waals surface area contributed by atoms with E-state index in [2.05, 4.69) is 20.6 Å². The van der Waals surface area contributed by atoms with Crippen molar-refractivity contribution in [3.8, 4) is 0 Å². The van der Waals surface area contributed by atoms with Gasteiger partial charge >= 0.3 is 0 Å². The highest BCUT2D eigenvalue weighted by atomic mass is 32.2. The van der Waals surface area contributed by atoms with Crippen molar-refractivity contribution in [1.82, 2.24) is 15.0 Å². The Hall–Kier alpha value is -4.18. The number of aryl methyl sites for hydroxylation is 2. The summed E-state index contributed by atoms with van der Waals surface area (Å²) in [5.41, 5.74) is 7.08. The molecule has 1 amide bonds. The van der Waals surface area contributed by atoms with Crippen LogP contribution in [-0.2, 0) is 16.6 Å². The number of carbonyl (C=O) groups excluding carboxylic acids is 1. The van der Waals surface area contributed by atoms with E-state index in [1.165, 1.54) is 16.7 Å². The number of nitrogens with zero attached hydrogens (tertiary/aromatic N) is 2. The second kappa shape index (κ2) is 9.59. The number of hydrogen-bond acceptors (Lipinski definition) is 6. The van der Waals surface area contributed by atoms with Gasteiger partial charge in [0.15, 0.2) is 0 Å². The molecule has 0 bridgehead atoms. The van der Waals surface area contributed by atoms with Crippen LogP contribution in [0, 0.1) is 13.8 Å². The fraction of sp³-hybridized carbons (Fsp3) is 0.160. The Kier molecular flexibility index (Phi) is 6.57. The van der Waals surface area contributed by atoms with Crippen LogP contribution in [0.15, 0.2) is 76.4 Å². The molecule has 0 aliphatic rings. The average Bonchev–Trinajstić information content (AvgIpc) is 2.84. The molecule has 9 nitrogen and oxygen atoms in total. The molecule has 0 aliphatic heterocycles. The molecular weight excluding hydrogens is 466 g/mol. The van der Waals surface area contributed by atoms with Crippen LogP contribution < -0.4 is 21.1 Å². The van der Waals surface area contributed by atoms with Gasteiger partial charge in [0.1, 0.15) is 0 Å². The van der Waals surface area contributed by atoms with Crippen LogP contribution in [0.5, 0.6) is 0 Å². The minimum Gasteiger partial charge on any atom is -0.279 e. The summed E-state index contributed by atoms with van der Waals surface area (Å²) in [5, 5.41) is 0.470. The Bertz CT molecular complexity index is 1600. The predicted molar refractivity (Wildman–Crippen MR) is 136 cm³/mol. The first kappa shape index (κ1) is 24.0. The number of anilines is 2. The molecular formula is C25H25N5O4S. The minimum atomic E-state index is -3.94. The Labute approximate surface area is 202 Å². The molecule has 0 saturated carbocycles. The molecule has 0 atom stereocenters. The lowest BCUT2D eigenvalue weighted by atomic mass is 10.2.